The zero-order chi connectivity index (χ0) is 10.9. The maximum atomic E-state index is 12.2. The molecular formula is C8H16F3NNiO. The number of hydrogen-bond donors (Lipinski definition) is 1. The van der Waals surface area contributed by atoms with Crippen LogP contribution in [0.4, 0.5) is 13.2 Å². The first kappa shape index (κ1) is 16.6. The smallest absolute Gasteiger partial charge is 0.380 e. The Morgan fingerprint density at radius 1 is 1.29 bits per heavy atom. The molecule has 0 radical (unpaired) electrons. The van der Waals surface area contributed by atoms with E-state index >= 15 is 0 Å². The molecule has 0 aromatic rings. The van der Waals surface area contributed by atoms with Gasteiger partial charge in [0, 0.05) is 29.1 Å². The van der Waals surface area contributed by atoms with Gasteiger partial charge in [0.25, 0.3) is 0 Å². The SMILES string of the molecule is CC(C)N(C)CC(C)(O)C(F)(F)F.[Ni]. The molecule has 14 heavy (non-hydrogen) atoms. The van der Waals surface area contributed by atoms with Crippen molar-refractivity contribution in [3.05, 3.63) is 0 Å². The van der Waals surface area contributed by atoms with Gasteiger partial charge in [0.05, 0.1) is 0 Å². The molecular weight excluding hydrogens is 242 g/mol. The fourth-order valence-electron chi connectivity index (χ4n) is 0.758. The predicted molar refractivity (Wildman–Crippen MR) is 44.4 cm³/mol. The maximum Gasteiger partial charge on any atom is 0.418 e. The molecule has 1 N–H and O–H groups in total. The standard InChI is InChI=1S/C8H16F3NO.Ni/c1-6(2)12(4)5-7(3,13)8(9,10)11;/h6,13H,5H2,1-4H3;. The average Bonchev–Trinajstić information content (AvgIpc) is 1.83. The van der Waals surface area contributed by atoms with Crippen LogP contribution in [0.5, 0.6) is 0 Å². The fourth-order valence-corrected chi connectivity index (χ4v) is 0.758. The second kappa shape index (κ2) is 5.33. The Morgan fingerprint density at radius 2 is 1.64 bits per heavy atom. The molecule has 0 aromatic heterocycles. The number of halogens is 3. The molecule has 2 nitrogen and oxygen atoms in total. The van der Waals surface area contributed by atoms with E-state index in [0.29, 0.717) is 0 Å². The summed E-state index contributed by atoms with van der Waals surface area (Å²) in [5.74, 6) is 0. The summed E-state index contributed by atoms with van der Waals surface area (Å²) < 4.78 is 36.5. The molecule has 0 saturated heterocycles. The summed E-state index contributed by atoms with van der Waals surface area (Å²) in [6, 6.07) is -0.0196. The van der Waals surface area contributed by atoms with Crippen LogP contribution in [0.1, 0.15) is 20.8 Å². The Kier molecular flexibility index (Phi) is 6.33. The molecule has 0 aliphatic carbocycles. The monoisotopic (exact) mass is 257 g/mol. The third-order valence-electron chi connectivity index (χ3n) is 2.05. The number of rotatable bonds is 3. The van der Waals surface area contributed by atoms with E-state index in [1.807, 2.05) is 0 Å². The summed E-state index contributed by atoms with van der Waals surface area (Å²) >= 11 is 0. The van der Waals surface area contributed by atoms with Crippen LogP contribution in [0.3, 0.4) is 0 Å². The summed E-state index contributed by atoms with van der Waals surface area (Å²) in [6.07, 6.45) is -4.57. The second-order valence-electron chi connectivity index (χ2n) is 3.78. The number of likely N-dealkylation sites (N-methyl/N-ethyl adjacent to an activating group) is 1. The third kappa shape index (κ3) is 4.62. The molecule has 0 aromatic carbocycles. The molecule has 0 aliphatic heterocycles. The van der Waals surface area contributed by atoms with E-state index in [4.69, 9.17) is 5.11 Å². The van der Waals surface area contributed by atoms with Gasteiger partial charge in [-0.3, -0.25) is 0 Å². The molecule has 0 amide bonds. The molecule has 0 heterocycles. The molecule has 6 heteroatoms. The number of alkyl halides is 3. The summed E-state index contributed by atoms with van der Waals surface area (Å²) in [7, 11) is 1.55. The normalized spacial score (nSPS) is 16.7. The minimum absolute atomic E-state index is 0. The van der Waals surface area contributed by atoms with Gasteiger partial charge in [-0.15, -0.1) is 0 Å². The van der Waals surface area contributed by atoms with Gasteiger partial charge in [-0.25, -0.2) is 0 Å². The van der Waals surface area contributed by atoms with Crippen molar-refractivity contribution in [2.75, 3.05) is 13.6 Å². The minimum Gasteiger partial charge on any atom is -0.380 e. The third-order valence-corrected chi connectivity index (χ3v) is 2.05. The van der Waals surface area contributed by atoms with Crippen molar-refractivity contribution in [3.63, 3.8) is 0 Å². The molecule has 1 atom stereocenters. The van der Waals surface area contributed by atoms with Gasteiger partial charge < -0.3 is 10.0 Å². The van der Waals surface area contributed by atoms with Crippen molar-refractivity contribution in [1.29, 1.82) is 0 Å². The van der Waals surface area contributed by atoms with Crippen LogP contribution >= 0.6 is 0 Å². The van der Waals surface area contributed by atoms with Gasteiger partial charge in [-0.2, -0.15) is 13.2 Å². The van der Waals surface area contributed by atoms with Crippen LogP contribution in [-0.2, 0) is 16.5 Å². The van der Waals surface area contributed by atoms with Crippen LogP contribution in [0.25, 0.3) is 0 Å². The zero-order valence-electron chi connectivity index (χ0n) is 8.63. The van der Waals surface area contributed by atoms with Gasteiger partial charge in [0.15, 0.2) is 5.60 Å². The summed E-state index contributed by atoms with van der Waals surface area (Å²) in [4.78, 5) is 1.45. The quantitative estimate of drug-likeness (QED) is 0.778. The van der Waals surface area contributed by atoms with Crippen LogP contribution in [0.2, 0.25) is 0 Å². The fraction of sp³-hybridized carbons (Fsp3) is 1.00. The molecule has 1 unspecified atom stereocenters. The Balaban J connectivity index is 0. The second-order valence-corrected chi connectivity index (χ2v) is 3.78. The molecule has 0 rings (SSSR count). The van der Waals surface area contributed by atoms with Crippen molar-refractivity contribution in [1.82, 2.24) is 4.90 Å². The van der Waals surface area contributed by atoms with Gasteiger partial charge in [0.1, 0.15) is 0 Å². The zero-order valence-corrected chi connectivity index (χ0v) is 9.62. The Labute approximate surface area is 92.4 Å². The van der Waals surface area contributed by atoms with Crippen molar-refractivity contribution in [2.45, 2.75) is 38.6 Å². The van der Waals surface area contributed by atoms with Crippen molar-refractivity contribution in [3.8, 4) is 0 Å². The molecule has 0 aliphatic rings. The first-order chi connectivity index (χ1) is 5.58. The van der Waals surface area contributed by atoms with Crippen molar-refractivity contribution in [2.24, 2.45) is 0 Å². The van der Waals surface area contributed by atoms with E-state index < -0.39 is 18.3 Å². The van der Waals surface area contributed by atoms with Crippen LogP contribution in [-0.4, -0.2) is 41.4 Å². The minimum atomic E-state index is -4.57. The molecule has 0 bridgehead atoms. The predicted octanol–water partition coefficient (Wildman–Crippen LogP) is 1.64. The first-order valence-corrected chi connectivity index (χ1v) is 4.07. The number of nitrogens with zero attached hydrogens (tertiary/aromatic N) is 1. The van der Waals surface area contributed by atoms with E-state index in [1.165, 1.54) is 4.90 Å². The van der Waals surface area contributed by atoms with E-state index in [-0.39, 0.29) is 22.5 Å². The number of hydrogen-bond acceptors (Lipinski definition) is 2. The topological polar surface area (TPSA) is 23.5 Å². The Morgan fingerprint density at radius 3 is 1.86 bits per heavy atom. The molecule has 90 valence electrons. The largest absolute Gasteiger partial charge is 0.418 e. The van der Waals surface area contributed by atoms with Crippen molar-refractivity contribution >= 4 is 0 Å². The number of aliphatic hydroxyl groups is 1. The van der Waals surface area contributed by atoms with Gasteiger partial charge in [0.2, 0.25) is 0 Å². The van der Waals surface area contributed by atoms with Crippen LogP contribution in [0.15, 0.2) is 0 Å². The van der Waals surface area contributed by atoms with E-state index in [9.17, 15) is 13.2 Å². The Hall–Kier alpha value is 0.204. The summed E-state index contributed by atoms with van der Waals surface area (Å²) in [5, 5.41) is 9.10. The summed E-state index contributed by atoms with van der Waals surface area (Å²) in [5.41, 5.74) is -2.63. The maximum absolute atomic E-state index is 12.2. The molecule has 0 fully saturated rings. The van der Waals surface area contributed by atoms with E-state index in [1.54, 1.807) is 20.9 Å². The van der Waals surface area contributed by atoms with E-state index in [0.717, 1.165) is 6.92 Å². The molecule has 0 saturated carbocycles. The van der Waals surface area contributed by atoms with E-state index in [2.05, 4.69) is 0 Å². The van der Waals surface area contributed by atoms with Crippen LogP contribution < -0.4 is 0 Å². The first-order valence-electron chi connectivity index (χ1n) is 4.07. The van der Waals surface area contributed by atoms with Crippen molar-refractivity contribution < 1.29 is 34.8 Å². The average molecular weight is 258 g/mol. The van der Waals surface area contributed by atoms with Gasteiger partial charge in [-0.05, 0) is 27.8 Å². The van der Waals surface area contributed by atoms with Gasteiger partial charge in [-0.1, -0.05) is 0 Å². The Bertz CT molecular complexity index is 170. The van der Waals surface area contributed by atoms with Gasteiger partial charge >= 0.3 is 6.18 Å². The molecule has 0 spiro atoms. The van der Waals surface area contributed by atoms with Crippen LogP contribution in [0, 0.1) is 0 Å². The summed E-state index contributed by atoms with van der Waals surface area (Å²) in [6.45, 7) is 3.92.